The number of carbonyl (C=O) groups is 5. The van der Waals surface area contributed by atoms with E-state index in [1.165, 1.54) is 26.2 Å². The second-order valence-electron chi connectivity index (χ2n) is 10.1. The Bertz CT molecular complexity index is 768. The van der Waals surface area contributed by atoms with E-state index in [1.54, 1.807) is 0 Å². The highest BCUT2D eigenvalue weighted by Gasteiger charge is 2.13. The van der Waals surface area contributed by atoms with E-state index in [-0.39, 0.29) is 64.4 Å². The molecule has 250 valence electrons. The fraction of sp³-hybridized carbons (Fsp3) is 0.828. The highest BCUT2D eigenvalue weighted by molar-refractivity contribution is 5.83. The molecule has 3 amide bonds. The third-order valence-electron chi connectivity index (χ3n) is 6.14. The minimum Gasteiger partial charge on any atom is -0.481 e. The van der Waals surface area contributed by atoms with Crippen molar-refractivity contribution in [2.45, 2.75) is 90.0 Å². The van der Waals surface area contributed by atoms with Crippen molar-refractivity contribution in [2.75, 3.05) is 65.9 Å². The Labute approximate surface area is 254 Å². The standard InChI is InChI=1S/C29H53N3O11/c1-24(29(38)39)32-27(35)23-43-21-19-41-17-15-31-26(34)22-42-20-18-40-16-14-30-25(33)12-10-8-6-4-2-3-5-7-9-11-13-28(36)37/h24H,2-23H2,1H3,(H,30,33)(H,31,34)(H,32,35)(H,36,37)(H,38,39)/t24-/m0/s1. The van der Waals surface area contributed by atoms with Gasteiger partial charge in [0, 0.05) is 25.9 Å². The number of aliphatic carboxylic acids is 2. The van der Waals surface area contributed by atoms with Crippen LogP contribution in [0.15, 0.2) is 0 Å². The van der Waals surface area contributed by atoms with Gasteiger partial charge in [0.1, 0.15) is 19.3 Å². The van der Waals surface area contributed by atoms with E-state index in [9.17, 15) is 24.0 Å². The van der Waals surface area contributed by atoms with Crippen LogP contribution in [-0.4, -0.2) is 112 Å². The van der Waals surface area contributed by atoms with Gasteiger partial charge >= 0.3 is 11.9 Å². The van der Waals surface area contributed by atoms with E-state index in [0.29, 0.717) is 26.2 Å². The molecule has 0 aliphatic heterocycles. The number of unbranched alkanes of at least 4 members (excludes halogenated alkanes) is 9. The molecule has 0 unspecified atom stereocenters. The van der Waals surface area contributed by atoms with Crippen molar-refractivity contribution in [3.63, 3.8) is 0 Å². The number of carbonyl (C=O) groups excluding carboxylic acids is 3. The monoisotopic (exact) mass is 619 g/mol. The van der Waals surface area contributed by atoms with Crippen molar-refractivity contribution in [2.24, 2.45) is 0 Å². The maximum atomic E-state index is 11.9. The lowest BCUT2D eigenvalue weighted by Crippen LogP contribution is -2.40. The Morgan fingerprint density at radius 3 is 1.44 bits per heavy atom. The minimum atomic E-state index is -1.13. The number of carboxylic acids is 2. The molecule has 0 heterocycles. The van der Waals surface area contributed by atoms with Crippen LogP contribution in [-0.2, 0) is 42.9 Å². The molecule has 0 aromatic heterocycles. The molecule has 0 aliphatic rings. The van der Waals surface area contributed by atoms with Crippen molar-refractivity contribution in [3.05, 3.63) is 0 Å². The third-order valence-corrected chi connectivity index (χ3v) is 6.14. The number of amides is 3. The van der Waals surface area contributed by atoms with Crippen LogP contribution in [0.2, 0.25) is 0 Å². The fourth-order valence-electron chi connectivity index (χ4n) is 3.76. The molecule has 0 rings (SSSR count). The zero-order valence-corrected chi connectivity index (χ0v) is 25.7. The molecule has 0 saturated heterocycles. The molecule has 0 fully saturated rings. The lowest BCUT2D eigenvalue weighted by atomic mass is 10.1. The molecular weight excluding hydrogens is 566 g/mol. The van der Waals surface area contributed by atoms with Crippen molar-refractivity contribution >= 4 is 29.7 Å². The summed E-state index contributed by atoms with van der Waals surface area (Å²) in [7, 11) is 0. The van der Waals surface area contributed by atoms with Gasteiger partial charge in [0.2, 0.25) is 17.7 Å². The van der Waals surface area contributed by atoms with Crippen molar-refractivity contribution in [1.29, 1.82) is 0 Å². The van der Waals surface area contributed by atoms with E-state index < -0.39 is 23.9 Å². The molecule has 0 radical (unpaired) electrons. The summed E-state index contributed by atoms with van der Waals surface area (Å²) < 4.78 is 21.0. The molecule has 0 spiro atoms. The molecule has 5 N–H and O–H groups in total. The summed E-state index contributed by atoms with van der Waals surface area (Å²) in [6.45, 7) is 3.23. The van der Waals surface area contributed by atoms with Gasteiger partial charge in [-0.3, -0.25) is 24.0 Å². The Kier molecular flexibility index (Phi) is 27.4. The molecule has 1 atom stereocenters. The third kappa shape index (κ3) is 30.5. The molecule has 14 nitrogen and oxygen atoms in total. The molecule has 0 bridgehead atoms. The molecule has 0 aromatic carbocycles. The first-order chi connectivity index (χ1) is 20.7. The first-order valence-electron chi connectivity index (χ1n) is 15.3. The van der Waals surface area contributed by atoms with E-state index in [1.807, 2.05) is 0 Å². The predicted molar refractivity (Wildman–Crippen MR) is 158 cm³/mol. The summed E-state index contributed by atoms with van der Waals surface area (Å²) in [5.41, 5.74) is 0. The smallest absolute Gasteiger partial charge is 0.325 e. The van der Waals surface area contributed by atoms with Crippen LogP contribution >= 0.6 is 0 Å². The van der Waals surface area contributed by atoms with Crippen molar-refractivity contribution in [1.82, 2.24) is 16.0 Å². The molecule has 0 aromatic rings. The van der Waals surface area contributed by atoms with Gasteiger partial charge in [0.25, 0.3) is 0 Å². The summed E-state index contributed by atoms with van der Waals surface area (Å²) >= 11 is 0. The van der Waals surface area contributed by atoms with Gasteiger partial charge < -0.3 is 45.1 Å². The summed E-state index contributed by atoms with van der Waals surface area (Å²) in [6.07, 6.45) is 11.4. The zero-order valence-electron chi connectivity index (χ0n) is 25.7. The Hall–Kier alpha value is -2.81. The number of nitrogens with one attached hydrogen (secondary N) is 3. The van der Waals surface area contributed by atoms with Gasteiger partial charge in [-0.2, -0.15) is 0 Å². The molecule has 0 aliphatic carbocycles. The number of hydrogen-bond acceptors (Lipinski definition) is 9. The molecule has 14 heteroatoms. The van der Waals surface area contributed by atoms with Crippen LogP contribution in [0, 0.1) is 0 Å². The van der Waals surface area contributed by atoms with Crippen LogP contribution in [0.3, 0.4) is 0 Å². The topological polar surface area (TPSA) is 199 Å². The summed E-state index contributed by atoms with van der Waals surface area (Å²) in [4.78, 5) is 56.1. The molecule has 0 saturated carbocycles. The first kappa shape index (κ1) is 40.2. The fourth-order valence-corrected chi connectivity index (χ4v) is 3.76. The largest absolute Gasteiger partial charge is 0.481 e. The van der Waals surface area contributed by atoms with Crippen molar-refractivity contribution < 1.29 is 53.1 Å². The van der Waals surface area contributed by atoms with E-state index in [2.05, 4.69) is 16.0 Å². The average Bonchev–Trinajstić information content (AvgIpc) is 2.96. The van der Waals surface area contributed by atoms with Crippen LogP contribution in [0.5, 0.6) is 0 Å². The van der Waals surface area contributed by atoms with E-state index in [4.69, 9.17) is 29.2 Å². The minimum absolute atomic E-state index is 0.0180. The zero-order chi connectivity index (χ0) is 32.0. The van der Waals surface area contributed by atoms with Gasteiger partial charge in [0.05, 0.1) is 39.6 Å². The average molecular weight is 620 g/mol. The summed E-state index contributed by atoms with van der Waals surface area (Å²) in [6, 6.07) is -0.985. The highest BCUT2D eigenvalue weighted by Crippen LogP contribution is 2.12. The summed E-state index contributed by atoms with van der Waals surface area (Å²) in [5.74, 6) is -2.65. The number of rotatable bonds is 31. The highest BCUT2D eigenvalue weighted by atomic mass is 16.5. The van der Waals surface area contributed by atoms with Gasteiger partial charge in [-0.1, -0.05) is 51.4 Å². The van der Waals surface area contributed by atoms with Gasteiger partial charge in [-0.25, -0.2) is 0 Å². The Morgan fingerprint density at radius 1 is 0.535 bits per heavy atom. The predicted octanol–water partition coefficient (Wildman–Crippen LogP) is 1.64. The summed E-state index contributed by atoms with van der Waals surface area (Å²) in [5, 5.41) is 25.0. The van der Waals surface area contributed by atoms with Gasteiger partial charge in [0.15, 0.2) is 0 Å². The quantitative estimate of drug-likeness (QED) is 0.0707. The lowest BCUT2D eigenvalue weighted by Gasteiger charge is -2.10. The number of carboxylic acid groups (broad SMARTS) is 2. The van der Waals surface area contributed by atoms with Crippen molar-refractivity contribution in [3.8, 4) is 0 Å². The maximum Gasteiger partial charge on any atom is 0.325 e. The first-order valence-corrected chi connectivity index (χ1v) is 15.3. The molecule has 43 heavy (non-hydrogen) atoms. The van der Waals surface area contributed by atoms with Crippen LogP contribution in [0.4, 0.5) is 0 Å². The van der Waals surface area contributed by atoms with Gasteiger partial charge in [-0.05, 0) is 19.8 Å². The van der Waals surface area contributed by atoms with E-state index >= 15 is 0 Å². The Morgan fingerprint density at radius 2 is 0.953 bits per heavy atom. The van der Waals surface area contributed by atoms with Crippen LogP contribution in [0.1, 0.15) is 84.0 Å². The normalized spacial score (nSPS) is 11.6. The van der Waals surface area contributed by atoms with Crippen LogP contribution in [0.25, 0.3) is 0 Å². The lowest BCUT2D eigenvalue weighted by molar-refractivity contribution is -0.142. The van der Waals surface area contributed by atoms with E-state index in [0.717, 1.165) is 44.9 Å². The Balaban J connectivity index is 3.35. The number of hydrogen-bond donors (Lipinski definition) is 5. The maximum absolute atomic E-state index is 11.9. The SMILES string of the molecule is C[C@H](NC(=O)COCCOCCNC(=O)COCCOCCNC(=O)CCCCCCCCCCCCC(=O)O)C(=O)O. The van der Waals surface area contributed by atoms with Crippen LogP contribution < -0.4 is 16.0 Å². The molecular formula is C29H53N3O11. The second-order valence-corrected chi connectivity index (χ2v) is 10.1. The number of ether oxygens (including phenoxy) is 4. The second kappa shape index (κ2) is 29.3. The van der Waals surface area contributed by atoms with Gasteiger partial charge in [-0.15, -0.1) is 0 Å².